The van der Waals surface area contributed by atoms with Gasteiger partial charge in [0.2, 0.25) is 0 Å². The molecule has 1 aromatic heterocycles. The van der Waals surface area contributed by atoms with E-state index in [1.807, 2.05) is 56.3 Å². The average molecular weight is 474 g/mol. The summed E-state index contributed by atoms with van der Waals surface area (Å²) in [7, 11) is 0. The zero-order chi connectivity index (χ0) is 24.2. The van der Waals surface area contributed by atoms with Gasteiger partial charge in [0.15, 0.2) is 0 Å². The zero-order valence-corrected chi connectivity index (χ0v) is 20.4. The van der Waals surface area contributed by atoms with Crippen LogP contribution in [-0.4, -0.2) is 26.9 Å². The molecule has 0 saturated carbocycles. The van der Waals surface area contributed by atoms with Crippen LogP contribution >= 0.6 is 11.6 Å². The van der Waals surface area contributed by atoms with Gasteiger partial charge in [-0.05, 0) is 67.8 Å². The summed E-state index contributed by atoms with van der Waals surface area (Å²) in [6.07, 6.45) is 1.54. The molecule has 174 valence electrons. The molecule has 0 fully saturated rings. The van der Waals surface area contributed by atoms with E-state index in [0.717, 1.165) is 24.1 Å². The SMILES string of the molecule is CCCN(C(=O)c1ccc(Cl)cc1)C(C)c1nc2ccccc2c(=O)n1-c1ccccc1CC. The van der Waals surface area contributed by atoms with Gasteiger partial charge in [0.05, 0.1) is 22.6 Å². The molecular weight excluding hydrogens is 446 g/mol. The lowest BCUT2D eigenvalue weighted by Gasteiger charge is -2.31. The van der Waals surface area contributed by atoms with Crippen molar-refractivity contribution < 1.29 is 4.79 Å². The second-order valence-electron chi connectivity index (χ2n) is 8.29. The Morgan fingerprint density at radius 1 is 1.00 bits per heavy atom. The Morgan fingerprint density at radius 3 is 2.38 bits per heavy atom. The van der Waals surface area contributed by atoms with Gasteiger partial charge in [-0.3, -0.25) is 14.2 Å². The summed E-state index contributed by atoms with van der Waals surface area (Å²) in [4.78, 5) is 34.0. The van der Waals surface area contributed by atoms with Crippen molar-refractivity contribution in [3.8, 4) is 5.69 Å². The molecule has 0 spiro atoms. The maximum Gasteiger partial charge on any atom is 0.266 e. The van der Waals surface area contributed by atoms with Crippen LogP contribution in [0.15, 0.2) is 77.6 Å². The second kappa shape index (κ2) is 10.2. The van der Waals surface area contributed by atoms with Crippen LogP contribution in [0, 0.1) is 0 Å². The van der Waals surface area contributed by atoms with Gasteiger partial charge in [-0.25, -0.2) is 4.98 Å². The summed E-state index contributed by atoms with van der Waals surface area (Å²) in [6, 6.07) is 21.7. The Labute approximate surface area is 204 Å². The minimum Gasteiger partial charge on any atom is -0.329 e. The summed E-state index contributed by atoms with van der Waals surface area (Å²) in [5, 5.41) is 1.13. The number of benzene rings is 3. The molecule has 1 unspecified atom stereocenters. The van der Waals surface area contributed by atoms with E-state index >= 15 is 0 Å². The number of hydrogen-bond donors (Lipinski definition) is 0. The highest BCUT2D eigenvalue weighted by atomic mass is 35.5. The van der Waals surface area contributed by atoms with E-state index in [2.05, 4.69) is 6.92 Å². The van der Waals surface area contributed by atoms with Crippen LogP contribution in [0.3, 0.4) is 0 Å². The Kier molecular flexibility index (Phi) is 7.13. The number of halogens is 1. The summed E-state index contributed by atoms with van der Waals surface area (Å²) in [5.41, 5.74) is 2.87. The fourth-order valence-electron chi connectivity index (χ4n) is 4.30. The molecule has 0 bridgehead atoms. The number of amides is 1. The number of carbonyl (C=O) groups excluding carboxylic acids is 1. The van der Waals surface area contributed by atoms with Crippen LogP contribution < -0.4 is 5.56 Å². The Morgan fingerprint density at radius 2 is 1.68 bits per heavy atom. The van der Waals surface area contributed by atoms with Gasteiger partial charge in [-0.1, -0.05) is 55.8 Å². The molecule has 5 nitrogen and oxygen atoms in total. The molecule has 0 saturated heterocycles. The normalized spacial score (nSPS) is 12.0. The number of nitrogens with zero attached hydrogens (tertiary/aromatic N) is 3. The molecule has 1 atom stereocenters. The van der Waals surface area contributed by atoms with Crippen LogP contribution in [0.5, 0.6) is 0 Å². The number of carbonyl (C=O) groups is 1. The van der Waals surface area contributed by atoms with Gasteiger partial charge >= 0.3 is 0 Å². The lowest BCUT2D eigenvalue weighted by Crippen LogP contribution is -2.38. The first-order chi connectivity index (χ1) is 16.5. The Balaban J connectivity index is 1.93. The average Bonchev–Trinajstić information content (AvgIpc) is 2.87. The van der Waals surface area contributed by atoms with Crippen molar-refractivity contribution >= 4 is 28.4 Å². The third kappa shape index (κ3) is 4.48. The number of fused-ring (bicyclic) bond motifs is 1. The third-order valence-corrected chi connectivity index (χ3v) is 6.32. The first-order valence-corrected chi connectivity index (χ1v) is 12.0. The van der Waals surface area contributed by atoms with Crippen molar-refractivity contribution in [1.82, 2.24) is 14.5 Å². The summed E-state index contributed by atoms with van der Waals surface area (Å²) >= 11 is 6.03. The molecule has 6 heteroatoms. The molecule has 0 radical (unpaired) electrons. The Bertz CT molecular complexity index is 1380. The molecule has 0 aliphatic rings. The van der Waals surface area contributed by atoms with Crippen molar-refractivity contribution in [3.05, 3.63) is 105 Å². The maximum absolute atomic E-state index is 13.8. The number of rotatable bonds is 7. The second-order valence-corrected chi connectivity index (χ2v) is 8.73. The third-order valence-electron chi connectivity index (χ3n) is 6.07. The van der Waals surface area contributed by atoms with Crippen LogP contribution in [0.2, 0.25) is 5.02 Å². The zero-order valence-electron chi connectivity index (χ0n) is 19.7. The van der Waals surface area contributed by atoms with Crippen molar-refractivity contribution in [2.24, 2.45) is 0 Å². The molecular formula is C28H28ClN3O2. The van der Waals surface area contributed by atoms with E-state index in [4.69, 9.17) is 16.6 Å². The van der Waals surface area contributed by atoms with Gasteiger partial charge in [-0.15, -0.1) is 0 Å². The van der Waals surface area contributed by atoms with E-state index in [0.29, 0.717) is 33.9 Å². The molecule has 4 aromatic rings. The lowest BCUT2D eigenvalue weighted by atomic mass is 10.1. The summed E-state index contributed by atoms with van der Waals surface area (Å²) in [6.45, 7) is 6.56. The predicted octanol–water partition coefficient (Wildman–Crippen LogP) is 6.21. The topological polar surface area (TPSA) is 55.2 Å². The van der Waals surface area contributed by atoms with E-state index in [1.54, 1.807) is 39.8 Å². The smallest absolute Gasteiger partial charge is 0.266 e. The highest BCUT2D eigenvalue weighted by Crippen LogP contribution is 2.26. The summed E-state index contributed by atoms with van der Waals surface area (Å²) in [5.74, 6) is 0.420. The molecule has 34 heavy (non-hydrogen) atoms. The van der Waals surface area contributed by atoms with Crippen molar-refractivity contribution in [2.45, 2.75) is 39.7 Å². The standard InChI is InChI=1S/C28H28ClN3O2/c1-4-18-31(27(33)21-14-16-22(29)17-15-21)19(3)26-30-24-12-8-7-11-23(24)28(34)32(26)25-13-9-6-10-20(25)5-2/h6-17,19H,4-5,18H2,1-3H3. The molecule has 0 N–H and O–H groups in total. The van der Waals surface area contributed by atoms with Gasteiger partial charge < -0.3 is 4.90 Å². The Hall–Kier alpha value is -3.44. The molecule has 4 rings (SSSR count). The fourth-order valence-corrected chi connectivity index (χ4v) is 4.43. The van der Waals surface area contributed by atoms with E-state index in [1.165, 1.54) is 0 Å². The number of para-hydroxylation sites is 2. The number of aromatic nitrogens is 2. The predicted molar refractivity (Wildman–Crippen MR) is 138 cm³/mol. The quantitative estimate of drug-likeness (QED) is 0.320. The minimum absolute atomic E-state index is 0.122. The molecule has 3 aromatic carbocycles. The van der Waals surface area contributed by atoms with Gasteiger partial charge in [0, 0.05) is 17.1 Å². The highest BCUT2D eigenvalue weighted by molar-refractivity contribution is 6.30. The van der Waals surface area contributed by atoms with Crippen LogP contribution in [-0.2, 0) is 6.42 Å². The highest BCUT2D eigenvalue weighted by Gasteiger charge is 2.27. The lowest BCUT2D eigenvalue weighted by molar-refractivity contribution is 0.0681. The molecule has 0 aliphatic heterocycles. The summed E-state index contributed by atoms with van der Waals surface area (Å²) < 4.78 is 1.68. The van der Waals surface area contributed by atoms with Crippen LogP contribution in [0.25, 0.3) is 16.6 Å². The van der Waals surface area contributed by atoms with Gasteiger partial charge in [0.1, 0.15) is 5.82 Å². The molecule has 0 aliphatic carbocycles. The molecule has 1 heterocycles. The monoisotopic (exact) mass is 473 g/mol. The van der Waals surface area contributed by atoms with Gasteiger partial charge in [-0.2, -0.15) is 0 Å². The first-order valence-electron chi connectivity index (χ1n) is 11.6. The largest absolute Gasteiger partial charge is 0.329 e. The maximum atomic E-state index is 13.8. The fraction of sp³-hybridized carbons (Fsp3) is 0.250. The number of hydrogen-bond acceptors (Lipinski definition) is 3. The van der Waals surface area contributed by atoms with Crippen molar-refractivity contribution in [2.75, 3.05) is 6.54 Å². The number of aryl methyl sites for hydroxylation is 1. The molecule has 1 amide bonds. The van der Waals surface area contributed by atoms with E-state index in [9.17, 15) is 9.59 Å². The van der Waals surface area contributed by atoms with Crippen molar-refractivity contribution in [3.63, 3.8) is 0 Å². The van der Waals surface area contributed by atoms with Crippen LogP contribution in [0.1, 0.15) is 55.0 Å². The minimum atomic E-state index is -0.439. The van der Waals surface area contributed by atoms with E-state index in [-0.39, 0.29) is 11.5 Å². The first kappa shape index (κ1) is 23.7. The van der Waals surface area contributed by atoms with E-state index < -0.39 is 6.04 Å². The van der Waals surface area contributed by atoms with Gasteiger partial charge in [0.25, 0.3) is 11.5 Å². The van der Waals surface area contributed by atoms with Crippen molar-refractivity contribution in [1.29, 1.82) is 0 Å². The van der Waals surface area contributed by atoms with Crippen LogP contribution in [0.4, 0.5) is 0 Å².